The molecule has 2 rings (SSSR count). The van der Waals surface area contributed by atoms with Crippen molar-refractivity contribution in [1.82, 2.24) is 0 Å². The van der Waals surface area contributed by atoms with Crippen molar-refractivity contribution >= 4 is 0 Å². The molecule has 0 heterocycles. The summed E-state index contributed by atoms with van der Waals surface area (Å²) in [6.45, 7) is 26.4. The van der Waals surface area contributed by atoms with Gasteiger partial charge in [0.1, 0.15) is 0 Å². The molecule has 7 atom stereocenters. The summed E-state index contributed by atoms with van der Waals surface area (Å²) in [5, 5.41) is 0. The van der Waals surface area contributed by atoms with Crippen molar-refractivity contribution in [2.45, 2.75) is 94.4 Å². The first kappa shape index (κ1) is 21.0. The zero-order valence-electron chi connectivity index (χ0n) is 18.8. The van der Waals surface area contributed by atoms with E-state index in [1.807, 2.05) is 0 Å². The minimum Gasteiger partial charge on any atom is -0.100 e. The van der Waals surface area contributed by atoms with Gasteiger partial charge in [-0.15, -0.1) is 6.58 Å². The molecule has 0 bridgehead atoms. The molecule has 0 heteroatoms. The molecule has 0 aromatic heterocycles. The highest BCUT2D eigenvalue weighted by Gasteiger charge is 2.55. The van der Waals surface area contributed by atoms with Crippen molar-refractivity contribution in [2.24, 2.45) is 52.3 Å². The topological polar surface area (TPSA) is 0 Å². The summed E-state index contributed by atoms with van der Waals surface area (Å²) in [4.78, 5) is 0. The molecule has 0 aromatic rings. The highest BCUT2D eigenvalue weighted by Crippen LogP contribution is 2.62. The lowest BCUT2D eigenvalue weighted by Gasteiger charge is -2.39. The molecular formula is C25H46. The van der Waals surface area contributed by atoms with Crippen LogP contribution >= 0.6 is 0 Å². The predicted molar refractivity (Wildman–Crippen MR) is 113 cm³/mol. The highest BCUT2D eigenvalue weighted by molar-refractivity contribution is 5.04. The second kappa shape index (κ2) is 7.40. The first-order valence-electron chi connectivity index (χ1n) is 11.1. The standard InChI is InChI=1S/C25H46/c1-11-21(17(4)14-22-19(6)25(22,9)10)23-15-20(13-12-16(2)3)18(5)24(23,7)8/h17-23H,2,11-15H2,1,3-10H3. The van der Waals surface area contributed by atoms with Crippen LogP contribution in [0.2, 0.25) is 0 Å². The molecular weight excluding hydrogens is 300 g/mol. The van der Waals surface area contributed by atoms with E-state index in [9.17, 15) is 0 Å². The lowest BCUT2D eigenvalue weighted by molar-refractivity contribution is 0.0927. The van der Waals surface area contributed by atoms with Gasteiger partial charge in [0.25, 0.3) is 0 Å². The molecule has 146 valence electrons. The Kier molecular flexibility index (Phi) is 6.23. The summed E-state index contributed by atoms with van der Waals surface area (Å²) in [5.41, 5.74) is 2.44. The first-order chi connectivity index (χ1) is 11.4. The summed E-state index contributed by atoms with van der Waals surface area (Å²) in [6.07, 6.45) is 6.83. The second-order valence-electron chi connectivity index (χ2n) is 11.2. The molecule has 7 unspecified atom stereocenters. The quantitative estimate of drug-likeness (QED) is 0.391. The van der Waals surface area contributed by atoms with Crippen molar-refractivity contribution in [1.29, 1.82) is 0 Å². The van der Waals surface area contributed by atoms with Gasteiger partial charge in [-0.25, -0.2) is 0 Å². The van der Waals surface area contributed by atoms with E-state index in [1.165, 1.54) is 37.7 Å². The Morgan fingerprint density at radius 2 is 1.64 bits per heavy atom. The van der Waals surface area contributed by atoms with E-state index >= 15 is 0 Å². The molecule has 2 saturated carbocycles. The Bertz CT molecular complexity index is 468. The predicted octanol–water partition coefficient (Wildman–Crippen LogP) is 7.99. The Morgan fingerprint density at radius 3 is 2.08 bits per heavy atom. The van der Waals surface area contributed by atoms with Gasteiger partial charge in [-0.05, 0) is 84.9 Å². The molecule has 0 nitrogen and oxygen atoms in total. The fourth-order valence-electron chi connectivity index (χ4n) is 6.49. The van der Waals surface area contributed by atoms with E-state index in [4.69, 9.17) is 0 Å². The van der Waals surface area contributed by atoms with Crippen molar-refractivity contribution in [3.63, 3.8) is 0 Å². The summed E-state index contributed by atoms with van der Waals surface area (Å²) in [5.74, 6) is 6.29. The van der Waals surface area contributed by atoms with Crippen LogP contribution in [0, 0.1) is 52.3 Å². The van der Waals surface area contributed by atoms with Crippen LogP contribution in [0.15, 0.2) is 12.2 Å². The summed E-state index contributed by atoms with van der Waals surface area (Å²) < 4.78 is 0. The van der Waals surface area contributed by atoms with Crippen LogP contribution in [-0.2, 0) is 0 Å². The monoisotopic (exact) mass is 346 g/mol. The third-order valence-corrected chi connectivity index (χ3v) is 9.30. The molecule has 0 radical (unpaired) electrons. The third kappa shape index (κ3) is 4.03. The molecule has 0 saturated heterocycles. The molecule has 0 N–H and O–H groups in total. The molecule has 2 aliphatic carbocycles. The second-order valence-corrected chi connectivity index (χ2v) is 11.2. The molecule has 2 aliphatic rings. The summed E-state index contributed by atoms with van der Waals surface area (Å²) in [7, 11) is 0. The number of allylic oxidation sites excluding steroid dienone is 1. The maximum atomic E-state index is 4.14. The van der Waals surface area contributed by atoms with Crippen molar-refractivity contribution in [2.75, 3.05) is 0 Å². The Hall–Kier alpha value is -0.260. The molecule has 0 amide bonds. The lowest BCUT2D eigenvalue weighted by Crippen LogP contribution is -2.33. The largest absolute Gasteiger partial charge is 0.100 e. The van der Waals surface area contributed by atoms with Crippen LogP contribution < -0.4 is 0 Å². The zero-order chi connectivity index (χ0) is 19.2. The Labute approximate surface area is 159 Å². The van der Waals surface area contributed by atoms with Crippen LogP contribution in [0.5, 0.6) is 0 Å². The minimum atomic E-state index is 0.485. The Morgan fingerprint density at radius 1 is 1.08 bits per heavy atom. The van der Waals surface area contributed by atoms with E-state index in [1.54, 1.807) is 0 Å². The van der Waals surface area contributed by atoms with E-state index in [-0.39, 0.29) is 0 Å². The van der Waals surface area contributed by atoms with Crippen LogP contribution in [0.1, 0.15) is 94.4 Å². The summed E-state index contributed by atoms with van der Waals surface area (Å²) in [6, 6.07) is 0. The lowest BCUT2D eigenvalue weighted by atomic mass is 9.66. The first-order valence-corrected chi connectivity index (χ1v) is 11.1. The SMILES string of the molecule is C=C(C)CCC1CC(C(CC)C(C)CC2C(C)C2(C)C)C(C)(C)C1C. The van der Waals surface area contributed by atoms with Gasteiger partial charge < -0.3 is 0 Å². The highest BCUT2D eigenvalue weighted by atomic mass is 14.6. The van der Waals surface area contributed by atoms with E-state index < -0.39 is 0 Å². The Balaban J connectivity index is 2.06. The van der Waals surface area contributed by atoms with Crippen molar-refractivity contribution in [3.8, 4) is 0 Å². The van der Waals surface area contributed by atoms with E-state index in [0.29, 0.717) is 10.8 Å². The average molecular weight is 347 g/mol. The van der Waals surface area contributed by atoms with Crippen molar-refractivity contribution in [3.05, 3.63) is 12.2 Å². The molecule has 25 heavy (non-hydrogen) atoms. The maximum absolute atomic E-state index is 4.14. The zero-order valence-corrected chi connectivity index (χ0v) is 18.8. The molecule has 0 spiro atoms. The van der Waals surface area contributed by atoms with Gasteiger partial charge in [0.05, 0.1) is 0 Å². The van der Waals surface area contributed by atoms with Crippen molar-refractivity contribution < 1.29 is 0 Å². The minimum absolute atomic E-state index is 0.485. The third-order valence-electron chi connectivity index (χ3n) is 9.30. The van der Waals surface area contributed by atoms with E-state index in [2.05, 4.69) is 68.9 Å². The normalized spacial score (nSPS) is 38.4. The fourth-order valence-corrected chi connectivity index (χ4v) is 6.49. The van der Waals surface area contributed by atoms with Crippen LogP contribution in [0.3, 0.4) is 0 Å². The van der Waals surface area contributed by atoms with Gasteiger partial charge >= 0.3 is 0 Å². The number of hydrogen-bond acceptors (Lipinski definition) is 0. The molecule has 2 fully saturated rings. The summed E-state index contributed by atoms with van der Waals surface area (Å²) >= 11 is 0. The smallest absolute Gasteiger partial charge is 0.0295 e. The van der Waals surface area contributed by atoms with Gasteiger partial charge in [0.15, 0.2) is 0 Å². The maximum Gasteiger partial charge on any atom is -0.0295 e. The van der Waals surface area contributed by atoms with Gasteiger partial charge in [-0.2, -0.15) is 0 Å². The molecule has 0 aromatic carbocycles. The van der Waals surface area contributed by atoms with Gasteiger partial charge in [0, 0.05) is 0 Å². The fraction of sp³-hybridized carbons (Fsp3) is 0.920. The molecule has 0 aliphatic heterocycles. The van der Waals surface area contributed by atoms with E-state index in [0.717, 1.165) is 41.4 Å². The number of rotatable bonds is 8. The van der Waals surface area contributed by atoms with Crippen LogP contribution in [0.4, 0.5) is 0 Å². The average Bonchev–Trinajstić information content (AvgIpc) is 2.87. The number of hydrogen-bond donors (Lipinski definition) is 0. The van der Waals surface area contributed by atoms with Gasteiger partial charge in [0.2, 0.25) is 0 Å². The van der Waals surface area contributed by atoms with Gasteiger partial charge in [-0.1, -0.05) is 67.4 Å². The van der Waals surface area contributed by atoms with Crippen LogP contribution in [-0.4, -0.2) is 0 Å². The van der Waals surface area contributed by atoms with Gasteiger partial charge in [-0.3, -0.25) is 0 Å². The van der Waals surface area contributed by atoms with Crippen LogP contribution in [0.25, 0.3) is 0 Å².